The lowest BCUT2D eigenvalue weighted by Gasteiger charge is -2.14. The molecule has 0 heterocycles. The third-order valence-corrected chi connectivity index (χ3v) is 4.80. The second-order valence-electron chi connectivity index (χ2n) is 4.59. The lowest BCUT2D eigenvalue weighted by Crippen LogP contribution is -2.15. The molecule has 0 saturated carbocycles. The van der Waals surface area contributed by atoms with E-state index >= 15 is 0 Å². The van der Waals surface area contributed by atoms with Crippen LogP contribution in [0.1, 0.15) is 5.56 Å². The molecule has 0 aromatic heterocycles. The zero-order valence-electron chi connectivity index (χ0n) is 11.8. The second kappa shape index (κ2) is 5.97. The van der Waals surface area contributed by atoms with Gasteiger partial charge < -0.3 is 11.1 Å². The Kier molecular flexibility index (Phi) is 4.46. The quantitative estimate of drug-likeness (QED) is 0.593. The van der Waals surface area contributed by atoms with Gasteiger partial charge in [-0.1, -0.05) is 6.07 Å². The van der Waals surface area contributed by atoms with Gasteiger partial charge in [0.05, 0.1) is 4.90 Å². The molecule has 0 aliphatic rings. The van der Waals surface area contributed by atoms with E-state index in [4.69, 9.17) is 10.9 Å². The summed E-state index contributed by atoms with van der Waals surface area (Å²) in [6.45, 7) is 1.69. The minimum atomic E-state index is -3.81. The number of nitrogens with two attached hydrogens (primary N) is 2. The Morgan fingerprint density at radius 3 is 2.52 bits per heavy atom. The number of benzene rings is 2. The normalized spacial score (nSPS) is 11.4. The van der Waals surface area contributed by atoms with Crippen molar-refractivity contribution in [3.63, 3.8) is 0 Å². The van der Waals surface area contributed by atoms with Gasteiger partial charge in [0.25, 0.3) is 0 Å². The summed E-state index contributed by atoms with van der Waals surface area (Å²) in [5, 5.41) is 8.41. The first kappa shape index (κ1) is 15.7. The molecule has 2 rings (SSSR count). The van der Waals surface area contributed by atoms with Crippen LogP contribution in [0.2, 0.25) is 0 Å². The Morgan fingerprint density at radius 1 is 1.19 bits per heavy atom. The van der Waals surface area contributed by atoms with E-state index in [1.165, 1.54) is 6.07 Å². The van der Waals surface area contributed by atoms with Crippen LogP contribution in [-0.4, -0.2) is 14.7 Å². The summed E-state index contributed by atoms with van der Waals surface area (Å²) < 4.78 is 23.2. The summed E-state index contributed by atoms with van der Waals surface area (Å²) in [7, 11) is -3.81. The molecule has 0 bridgehead atoms. The van der Waals surface area contributed by atoms with Gasteiger partial charge in [0.15, 0.2) is 0 Å². The van der Waals surface area contributed by atoms with E-state index in [1.54, 1.807) is 24.8 Å². The smallest absolute Gasteiger partial charge is 0.238 e. The molecule has 0 fully saturated rings. The number of nitrogens with one attached hydrogen (secondary N) is 1. The first-order valence-corrected chi connectivity index (χ1v) is 8.92. The van der Waals surface area contributed by atoms with Gasteiger partial charge in [-0.15, -0.1) is 11.8 Å². The van der Waals surface area contributed by atoms with E-state index in [1.807, 2.05) is 30.5 Å². The van der Waals surface area contributed by atoms with Crippen LogP contribution in [-0.2, 0) is 10.0 Å². The van der Waals surface area contributed by atoms with Crippen LogP contribution in [0.5, 0.6) is 0 Å². The van der Waals surface area contributed by atoms with Gasteiger partial charge in [0.1, 0.15) is 0 Å². The van der Waals surface area contributed by atoms with Crippen molar-refractivity contribution in [1.82, 2.24) is 0 Å². The number of hydrogen-bond donors (Lipinski definition) is 3. The Balaban J connectivity index is 2.47. The van der Waals surface area contributed by atoms with Gasteiger partial charge >= 0.3 is 0 Å². The van der Waals surface area contributed by atoms with Crippen molar-refractivity contribution in [2.24, 2.45) is 5.14 Å². The highest BCUT2D eigenvalue weighted by Crippen LogP contribution is 2.29. The van der Waals surface area contributed by atoms with Crippen LogP contribution in [0.3, 0.4) is 0 Å². The molecular weight excluding hydrogens is 306 g/mol. The summed E-state index contributed by atoms with van der Waals surface area (Å²) >= 11 is 1.63. The second-order valence-corrected chi connectivity index (χ2v) is 7.00. The molecule has 2 aromatic rings. The fourth-order valence-corrected chi connectivity index (χ4v) is 3.29. The summed E-state index contributed by atoms with van der Waals surface area (Å²) in [4.78, 5) is 1.14. The van der Waals surface area contributed by atoms with E-state index in [2.05, 4.69) is 5.32 Å². The fraction of sp³-hybridized carbons (Fsp3) is 0.143. The highest BCUT2D eigenvalue weighted by molar-refractivity contribution is 7.98. The number of anilines is 3. The van der Waals surface area contributed by atoms with Crippen LogP contribution in [0.25, 0.3) is 0 Å². The first-order valence-electron chi connectivity index (χ1n) is 6.15. The molecule has 5 N–H and O–H groups in total. The zero-order valence-corrected chi connectivity index (χ0v) is 13.4. The molecule has 5 nitrogen and oxygen atoms in total. The largest absolute Gasteiger partial charge is 0.399 e. The lowest BCUT2D eigenvalue weighted by molar-refractivity contribution is 0.597. The summed E-state index contributed by atoms with van der Waals surface area (Å²) in [5.41, 5.74) is 8.13. The number of primary sulfonamides is 1. The molecular formula is C14H17N3O2S2. The van der Waals surface area contributed by atoms with E-state index in [-0.39, 0.29) is 4.90 Å². The van der Waals surface area contributed by atoms with E-state index in [9.17, 15) is 8.42 Å². The number of sulfonamides is 1. The maximum absolute atomic E-state index is 11.6. The third-order valence-electron chi connectivity index (χ3n) is 3.04. The average Bonchev–Trinajstić information content (AvgIpc) is 2.41. The highest BCUT2D eigenvalue weighted by Gasteiger charge is 2.15. The van der Waals surface area contributed by atoms with Crippen LogP contribution in [0, 0.1) is 6.92 Å². The van der Waals surface area contributed by atoms with Crippen LogP contribution in [0.4, 0.5) is 17.1 Å². The topological polar surface area (TPSA) is 98.2 Å². The van der Waals surface area contributed by atoms with Crippen LogP contribution in [0.15, 0.2) is 46.2 Å². The van der Waals surface area contributed by atoms with Crippen LogP contribution >= 0.6 is 11.8 Å². The molecule has 0 saturated heterocycles. The van der Waals surface area contributed by atoms with Crippen molar-refractivity contribution in [3.05, 3.63) is 42.0 Å². The summed E-state index contributed by atoms with van der Waals surface area (Å²) in [5.74, 6) is 0. The minimum absolute atomic E-state index is 0.0334. The van der Waals surface area contributed by atoms with Gasteiger partial charge in [-0.2, -0.15) is 0 Å². The number of hydrogen-bond acceptors (Lipinski definition) is 5. The van der Waals surface area contributed by atoms with E-state index in [0.29, 0.717) is 16.9 Å². The number of rotatable bonds is 4. The highest BCUT2D eigenvalue weighted by atomic mass is 32.2. The van der Waals surface area contributed by atoms with Crippen molar-refractivity contribution in [2.75, 3.05) is 17.3 Å². The molecule has 21 heavy (non-hydrogen) atoms. The molecule has 0 radical (unpaired) electrons. The molecule has 112 valence electrons. The van der Waals surface area contributed by atoms with E-state index in [0.717, 1.165) is 10.6 Å². The van der Waals surface area contributed by atoms with Gasteiger partial charge in [-0.05, 0) is 49.1 Å². The van der Waals surface area contributed by atoms with Gasteiger partial charge in [0.2, 0.25) is 10.0 Å². The fourth-order valence-electron chi connectivity index (χ4n) is 1.99. The molecule has 0 aliphatic heterocycles. The summed E-state index contributed by atoms with van der Waals surface area (Å²) in [6.07, 6.45) is 1.99. The molecule has 2 aromatic carbocycles. The standard InChI is InChI=1S/C14H17N3O2S2/c1-9-13(6-10(15)7-14(9)21(16,18)19)17-11-4-3-5-12(8-11)20-2/h3-8,17H,15H2,1-2H3,(H2,16,18,19). The van der Waals surface area contributed by atoms with Crippen molar-refractivity contribution in [1.29, 1.82) is 0 Å². The Hall–Kier alpha value is -1.70. The van der Waals surface area contributed by atoms with Gasteiger partial charge in [-0.3, -0.25) is 0 Å². The Bertz CT molecular complexity index is 774. The zero-order chi connectivity index (χ0) is 15.6. The molecule has 0 unspecified atom stereocenters. The Morgan fingerprint density at radius 2 is 1.90 bits per heavy atom. The molecule has 0 atom stereocenters. The molecule has 0 amide bonds. The third kappa shape index (κ3) is 3.69. The van der Waals surface area contributed by atoms with Crippen LogP contribution < -0.4 is 16.2 Å². The number of thioether (sulfide) groups is 1. The number of nitrogen functional groups attached to an aromatic ring is 1. The molecule has 7 heteroatoms. The van der Waals surface area contributed by atoms with E-state index < -0.39 is 10.0 Å². The van der Waals surface area contributed by atoms with Gasteiger partial charge in [0, 0.05) is 22.0 Å². The summed E-state index contributed by atoms with van der Waals surface area (Å²) in [6, 6.07) is 10.9. The monoisotopic (exact) mass is 323 g/mol. The predicted octanol–water partition coefficient (Wildman–Crippen LogP) is 2.69. The predicted molar refractivity (Wildman–Crippen MR) is 88.5 cm³/mol. The Labute approximate surface area is 128 Å². The lowest BCUT2D eigenvalue weighted by atomic mass is 10.1. The maximum atomic E-state index is 11.6. The molecule has 0 aliphatic carbocycles. The SMILES string of the molecule is CSc1cccc(Nc2cc(N)cc(S(N)(=O)=O)c2C)c1. The van der Waals surface area contributed by atoms with Crippen molar-refractivity contribution < 1.29 is 8.42 Å². The van der Waals surface area contributed by atoms with Crippen molar-refractivity contribution in [2.45, 2.75) is 16.7 Å². The maximum Gasteiger partial charge on any atom is 0.238 e. The molecule has 0 spiro atoms. The average molecular weight is 323 g/mol. The van der Waals surface area contributed by atoms with Gasteiger partial charge in [-0.25, -0.2) is 13.6 Å². The van der Waals surface area contributed by atoms with Crippen molar-refractivity contribution >= 4 is 38.8 Å². The first-order chi connectivity index (χ1) is 9.81. The van der Waals surface area contributed by atoms with Crippen molar-refractivity contribution in [3.8, 4) is 0 Å². The minimum Gasteiger partial charge on any atom is -0.399 e.